The lowest BCUT2D eigenvalue weighted by atomic mass is 9.44. The Kier molecular flexibility index (Phi) is 7.20. The molecule has 3 fully saturated rings. The first-order valence-corrected chi connectivity index (χ1v) is 13.1. The zero-order chi connectivity index (χ0) is 28.3. The summed E-state index contributed by atoms with van der Waals surface area (Å²) in [6.07, 6.45) is -3.62. The number of aliphatic hydroxyl groups is 5. The number of aliphatic hydroxyl groups excluding tert-OH is 4. The predicted molar refractivity (Wildman–Crippen MR) is 129 cm³/mol. The number of esters is 2. The lowest BCUT2D eigenvalue weighted by molar-refractivity contribution is -0.312. The number of fused-ring (bicyclic) bond motifs is 3. The molecule has 11 atom stereocenters. The fraction of sp³-hybridized carbons (Fsp3) is 0.704. The maximum Gasteiger partial charge on any atom is 0.339 e. The van der Waals surface area contributed by atoms with E-state index in [1.165, 1.54) is 19.6 Å². The van der Waals surface area contributed by atoms with Gasteiger partial charge in [-0.15, -0.1) is 0 Å². The van der Waals surface area contributed by atoms with Crippen LogP contribution in [0.1, 0.15) is 51.2 Å². The largest absolute Gasteiger partial charge is 0.472 e. The Morgan fingerprint density at radius 1 is 1.15 bits per heavy atom. The number of carbonyl (C=O) groups excluding carboxylic acids is 2. The van der Waals surface area contributed by atoms with Crippen molar-refractivity contribution in [3.8, 4) is 0 Å². The average Bonchev–Trinajstić information content (AvgIpc) is 3.46. The monoisotopic (exact) mass is 552 g/mol. The van der Waals surface area contributed by atoms with Crippen LogP contribution in [0.25, 0.3) is 0 Å². The van der Waals surface area contributed by atoms with Gasteiger partial charge < -0.3 is 48.9 Å². The topological polar surface area (TPSA) is 185 Å². The van der Waals surface area contributed by atoms with Crippen LogP contribution >= 0.6 is 0 Å². The molecule has 39 heavy (non-hydrogen) atoms. The summed E-state index contributed by atoms with van der Waals surface area (Å²) in [5.41, 5.74) is -2.77. The van der Waals surface area contributed by atoms with Crippen LogP contribution in [-0.2, 0) is 28.5 Å². The van der Waals surface area contributed by atoms with E-state index in [-0.39, 0.29) is 19.3 Å². The van der Waals surface area contributed by atoms with Crippen LogP contribution in [0.15, 0.2) is 34.7 Å². The number of hydrogen-bond acceptors (Lipinski definition) is 12. The van der Waals surface area contributed by atoms with Gasteiger partial charge in [-0.05, 0) is 43.7 Å². The van der Waals surface area contributed by atoms with E-state index in [9.17, 15) is 35.1 Å². The Bertz CT molecular complexity index is 1120. The highest BCUT2D eigenvalue weighted by Gasteiger charge is 2.69. The minimum atomic E-state index is -1.83. The van der Waals surface area contributed by atoms with Gasteiger partial charge in [-0.2, -0.15) is 0 Å². The van der Waals surface area contributed by atoms with Crippen molar-refractivity contribution in [1.82, 2.24) is 0 Å². The number of hydrogen-bond donors (Lipinski definition) is 5. The van der Waals surface area contributed by atoms with E-state index in [2.05, 4.69) is 0 Å². The Hall–Kier alpha value is -2.32. The molecule has 2 aliphatic heterocycles. The van der Waals surface area contributed by atoms with Crippen molar-refractivity contribution in [3.63, 3.8) is 0 Å². The molecule has 0 aromatic carbocycles. The van der Waals surface area contributed by atoms with Gasteiger partial charge in [0.1, 0.15) is 30.5 Å². The molecule has 12 nitrogen and oxygen atoms in total. The smallest absolute Gasteiger partial charge is 0.339 e. The van der Waals surface area contributed by atoms with Crippen molar-refractivity contribution in [2.75, 3.05) is 13.7 Å². The van der Waals surface area contributed by atoms with E-state index < -0.39 is 83.8 Å². The van der Waals surface area contributed by atoms with Gasteiger partial charge in [0.25, 0.3) is 0 Å². The van der Waals surface area contributed by atoms with Crippen molar-refractivity contribution in [3.05, 3.63) is 35.8 Å². The molecule has 2 saturated heterocycles. The molecule has 5 rings (SSSR count). The van der Waals surface area contributed by atoms with E-state index in [0.29, 0.717) is 17.6 Å². The van der Waals surface area contributed by atoms with Crippen LogP contribution < -0.4 is 0 Å². The first-order chi connectivity index (χ1) is 18.4. The molecule has 1 aromatic rings. The number of methoxy groups -OCH3 is 1. The minimum absolute atomic E-state index is 0.0695. The molecular weight excluding hydrogens is 516 g/mol. The molecule has 5 N–H and O–H groups in total. The summed E-state index contributed by atoms with van der Waals surface area (Å²) in [5.74, 6) is -1.84. The molecule has 1 aromatic heterocycles. The van der Waals surface area contributed by atoms with Crippen LogP contribution in [0.2, 0.25) is 0 Å². The molecule has 1 saturated carbocycles. The quantitative estimate of drug-likeness (QED) is 0.311. The first-order valence-electron chi connectivity index (χ1n) is 13.1. The van der Waals surface area contributed by atoms with Gasteiger partial charge in [-0.25, -0.2) is 9.59 Å². The van der Waals surface area contributed by atoms with Crippen molar-refractivity contribution in [1.29, 1.82) is 0 Å². The van der Waals surface area contributed by atoms with Gasteiger partial charge in [0.2, 0.25) is 0 Å². The third kappa shape index (κ3) is 4.24. The average molecular weight is 553 g/mol. The Labute approximate surface area is 225 Å². The second-order valence-electron chi connectivity index (χ2n) is 11.6. The number of cyclic esters (lactones) is 1. The molecule has 4 aliphatic rings. The summed E-state index contributed by atoms with van der Waals surface area (Å²) in [6.45, 7) is 3.10. The second kappa shape index (κ2) is 9.95. The van der Waals surface area contributed by atoms with Gasteiger partial charge in [0.05, 0.1) is 32.3 Å². The Morgan fingerprint density at radius 2 is 1.90 bits per heavy atom. The third-order valence-corrected chi connectivity index (χ3v) is 9.60. The van der Waals surface area contributed by atoms with Crippen LogP contribution in [0.5, 0.6) is 0 Å². The lowest BCUT2D eigenvalue weighted by Gasteiger charge is -2.63. The highest BCUT2D eigenvalue weighted by Crippen LogP contribution is 2.66. The summed E-state index contributed by atoms with van der Waals surface area (Å²) in [6, 6.07) is 1.69. The second-order valence-corrected chi connectivity index (χ2v) is 11.6. The van der Waals surface area contributed by atoms with Crippen molar-refractivity contribution >= 4 is 11.9 Å². The standard InChI is InChI=1S/C27H36O12/c1-25-5-6-27(34)24(33)39-16(13-4-7-36-12-13)10-26(27,2)18(25)9-14(8-15(25)22(32)35-3)37-23-21(31)20(30)19(29)17(11-28)38-23/h4,7-8,12,14,16-21,23,28-31,34H,5-6,9-11H2,1-3H3. The number of ether oxygens (including phenoxy) is 4. The van der Waals surface area contributed by atoms with Gasteiger partial charge >= 0.3 is 11.9 Å². The van der Waals surface area contributed by atoms with Gasteiger partial charge in [-0.1, -0.05) is 13.8 Å². The predicted octanol–water partition coefficient (Wildman–Crippen LogP) is 0.109. The SMILES string of the molecule is COC(=O)C1=CC(OC2OC(CO)C(O)C(O)C2O)CC2C1(C)CCC1(O)C(=O)OC(c3ccoc3)CC21C. The molecule has 12 heteroatoms. The van der Waals surface area contributed by atoms with E-state index in [0.717, 1.165) is 0 Å². The first kappa shape index (κ1) is 28.2. The van der Waals surface area contributed by atoms with Gasteiger partial charge in [-0.3, -0.25) is 0 Å². The molecule has 3 heterocycles. The summed E-state index contributed by atoms with van der Waals surface area (Å²) in [7, 11) is 1.26. The summed E-state index contributed by atoms with van der Waals surface area (Å²) >= 11 is 0. The van der Waals surface area contributed by atoms with Crippen molar-refractivity contribution in [2.45, 2.75) is 88.0 Å². The summed E-state index contributed by atoms with van der Waals surface area (Å²) in [5, 5.41) is 52.3. The van der Waals surface area contributed by atoms with Crippen LogP contribution in [0.3, 0.4) is 0 Å². The zero-order valence-electron chi connectivity index (χ0n) is 22.1. The summed E-state index contributed by atoms with van der Waals surface area (Å²) < 4.78 is 27.6. The van der Waals surface area contributed by atoms with E-state index >= 15 is 0 Å². The van der Waals surface area contributed by atoms with Gasteiger partial charge in [0, 0.05) is 22.0 Å². The molecular formula is C27H36O12. The number of carbonyl (C=O) groups is 2. The highest BCUT2D eigenvalue weighted by atomic mass is 16.7. The summed E-state index contributed by atoms with van der Waals surface area (Å²) in [4.78, 5) is 26.4. The molecule has 216 valence electrons. The maximum atomic E-state index is 13.3. The van der Waals surface area contributed by atoms with E-state index in [1.54, 1.807) is 12.1 Å². The third-order valence-electron chi connectivity index (χ3n) is 9.60. The molecule has 0 spiro atoms. The molecule has 0 bridgehead atoms. The highest BCUT2D eigenvalue weighted by molar-refractivity contribution is 5.91. The fourth-order valence-electron chi connectivity index (χ4n) is 7.21. The minimum Gasteiger partial charge on any atom is -0.472 e. The number of rotatable bonds is 5. The Balaban J connectivity index is 1.52. The molecule has 11 unspecified atom stereocenters. The Morgan fingerprint density at radius 3 is 2.54 bits per heavy atom. The lowest BCUT2D eigenvalue weighted by Crippen LogP contribution is -2.68. The fourth-order valence-corrected chi connectivity index (χ4v) is 7.21. The van der Waals surface area contributed by atoms with Gasteiger partial charge in [0.15, 0.2) is 11.9 Å². The molecule has 2 aliphatic carbocycles. The zero-order valence-corrected chi connectivity index (χ0v) is 22.1. The van der Waals surface area contributed by atoms with Crippen LogP contribution in [0, 0.1) is 16.7 Å². The van der Waals surface area contributed by atoms with Crippen molar-refractivity contribution in [2.24, 2.45) is 16.7 Å². The number of furan rings is 1. The normalized spacial score (nSPS) is 45.9. The van der Waals surface area contributed by atoms with Crippen LogP contribution in [-0.4, -0.2) is 93.6 Å². The van der Waals surface area contributed by atoms with E-state index in [1.807, 2.05) is 13.8 Å². The van der Waals surface area contributed by atoms with E-state index in [4.69, 9.17) is 23.4 Å². The van der Waals surface area contributed by atoms with Crippen molar-refractivity contribution < 1.29 is 58.5 Å². The maximum absolute atomic E-state index is 13.3. The molecule has 0 amide bonds. The molecule has 0 radical (unpaired) electrons. The van der Waals surface area contributed by atoms with Crippen LogP contribution in [0.4, 0.5) is 0 Å².